The average molecular weight is 234 g/mol. The first kappa shape index (κ1) is 18.3. The topological polar surface area (TPSA) is 49.7 Å². The predicted octanol–water partition coefficient (Wildman–Crippen LogP) is 2.74. The quantitative estimate of drug-likeness (QED) is 0.603. The zero-order chi connectivity index (χ0) is 12.6. The summed E-state index contributed by atoms with van der Waals surface area (Å²) in [5.74, 6) is 0. The van der Waals surface area contributed by atoms with E-state index in [0.717, 1.165) is 13.2 Å². The maximum atomic E-state index is 8.11. The zero-order valence-corrected chi connectivity index (χ0v) is 11.2. The fourth-order valence-electron chi connectivity index (χ4n) is 0.979. The van der Waals surface area contributed by atoms with Gasteiger partial charge in [0, 0.05) is 13.2 Å². The zero-order valence-electron chi connectivity index (χ0n) is 11.2. The van der Waals surface area contributed by atoms with E-state index in [0.29, 0.717) is 0 Å². The van der Waals surface area contributed by atoms with E-state index in [1.807, 2.05) is 0 Å². The van der Waals surface area contributed by atoms with Crippen LogP contribution in [-0.2, 0) is 4.74 Å². The standard InChI is InChI=1S/C10H22O.C3H8O2/c1-3-5-7-8-10-11-9-6-4-2;1-3(5)2-4/h3-10H2,1-2H3;3-5H,2H2,1H3. The molecule has 0 amide bonds. The highest BCUT2D eigenvalue weighted by Crippen LogP contribution is 1.99. The summed E-state index contributed by atoms with van der Waals surface area (Å²) in [5, 5.41) is 16.0. The Bertz CT molecular complexity index is 97.4. The molecule has 0 aliphatic rings. The van der Waals surface area contributed by atoms with Crippen LogP contribution in [0.15, 0.2) is 0 Å². The van der Waals surface area contributed by atoms with Crippen molar-refractivity contribution < 1.29 is 14.9 Å². The molecule has 1 unspecified atom stereocenters. The molecule has 2 N–H and O–H groups in total. The molecule has 0 spiro atoms. The van der Waals surface area contributed by atoms with Crippen molar-refractivity contribution in [3.05, 3.63) is 0 Å². The molecule has 0 aromatic carbocycles. The molecule has 0 radical (unpaired) electrons. The van der Waals surface area contributed by atoms with Crippen LogP contribution in [0.1, 0.15) is 59.3 Å². The van der Waals surface area contributed by atoms with Gasteiger partial charge in [0.25, 0.3) is 0 Å². The molecular formula is C13H30O3. The molecule has 3 heteroatoms. The summed E-state index contributed by atoms with van der Waals surface area (Å²) in [6, 6.07) is 0. The lowest BCUT2D eigenvalue weighted by Crippen LogP contribution is -2.03. The third-order valence-corrected chi connectivity index (χ3v) is 2.05. The Morgan fingerprint density at radius 2 is 1.44 bits per heavy atom. The van der Waals surface area contributed by atoms with Crippen LogP contribution in [-0.4, -0.2) is 36.1 Å². The maximum Gasteiger partial charge on any atom is 0.0742 e. The molecule has 16 heavy (non-hydrogen) atoms. The van der Waals surface area contributed by atoms with Crippen LogP contribution >= 0.6 is 0 Å². The van der Waals surface area contributed by atoms with Crippen molar-refractivity contribution in [1.29, 1.82) is 0 Å². The molecular weight excluding hydrogens is 204 g/mol. The SMILES string of the molecule is CC(O)CO.CCCCCCOCCCC. The molecule has 0 aliphatic carbocycles. The largest absolute Gasteiger partial charge is 0.394 e. The van der Waals surface area contributed by atoms with Gasteiger partial charge in [-0.3, -0.25) is 0 Å². The van der Waals surface area contributed by atoms with E-state index in [1.54, 1.807) is 0 Å². The van der Waals surface area contributed by atoms with Crippen LogP contribution in [0.25, 0.3) is 0 Å². The van der Waals surface area contributed by atoms with Gasteiger partial charge in [0.1, 0.15) is 0 Å². The lowest BCUT2D eigenvalue weighted by Gasteiger charge is -2.01. The highest BCUT2D eigenvalue weighted by Gasteiger charge is 1.88. The van der Waals surface area contributed by atoms with Gasteiger partial charge in [0.2, 0.25) is 0 Å². The van der Waals surface area contributed by atoms with Crippen molar-refractivity contribution in [3.63, 3.8) is 0 Å². The second-order valence-electron chi connectivity index (χ2n) is 4.06. The Morgan fingerprint density at radius 3 is 1.88 bits per heavy atom. The maximum absolute atomic E-state index is 8.11. The number of hydrogen-bond acceptors (Lipinski definition) is 3. The van der Waals surface area contributed by atoms with Gasteiger partial charge in [-0.2, -0.15) is 0 Å². The van der Waals surface area contributed by atoms with Gasteiger partial charge in [-0.05, 0) is 19.8 Å². The highest BCUT2D eigenvalue weighted by atomic mass is 16.5. The van der Waals surface area contributed by atoms with Crippen molar-refractivity contribution in [2.24, 2.45) is 0 Å². The van der Waals surface area contributed by atoms with Crippen LogP contribution in [0.3, 0.4) is 0 Å². The van der Waals surface area contributed by atoms with E-state index in [1.165, 1.54) is 45.4 Å². The van der Waals surface area contributed by atoms with Gasteiger partial charge in [0.15, 0.2) is 0 Å². The first-order valence-electron chi connectivity index (χ1n) is 6.55. The lowest BCUT2D eigenvalue weighted by molar-refractivity contribution is 0.110. The van der Waals surface area contributed by atoms with Crippen molar-refractivity contribution in [2.75, 3.05) is 19.8 Å². The molecule has 0 fully saturated rings. The molecule has 0 aromatic rings. The van der Waals surface area contributed by atoms with Gasteiger partial charge in [-0.15, -0.1) is 0 Å². The van der Waals surface area contributed by atoms with Gasteiger partial charge in [-0.1, -0.05) is 39.5 Å². The Hall–Kier alpha value is -0.120. The minimum Gasteiger partial charge on any atom is -0.394 e. The fourth-order valence-corrected chi connectivity index (χ4v) is 0.979. The van der Waals surface area contributed by atoms with Crippen molar-refractivity contribution in [2.45, 2.75) is 65.4 Å². The summed E-state index contributed by atoms with van der Waals surface area (Å²) in [6.07, 6.45) is 7.16. The summed E-state index contributed by atoms with van der Waals surface area (Å²) in [6.45, 7) is 7.75. The summed E-state index contributed by atoms with van der Waals surface area (Å²) in [5.41, 5.74) is 0. The van der Waals surface area contributed by atoms with Gasteiger partial charge in [-0.25, -0.2) is 0 Å². The van der Waals surface area contributed by atoms with E-state index in [2.05, 4.69) is 13.8 Å². The summed E-state index contributed by atoms with van der Waals surface area (Å²) >= 11 is 0. The predicted molar refractivity (Wildman–Crippen MR) is 68.6 cm³/mol. The van der Waals surface area contributed by atoms with Crippen LogP contribution in [0.2, 0.25) is 0 Å². The minimum absolute atomic E-state index is 0.139. The van der Waals surface area contributed by atoms with Gasteiger partial charge < -0.3 is 14.9 Å². The first-order chi connectivity index (χ1) is 7.68. The molecule has 0 saturated carbocycles. The smallest absolute Gasteiger partial charge is 0.0742 e. The van der Waals surface area contributed by atoms with Crippen molar-refractivity contribution in [3.8, 4) is 0 Å². The van der Waals surface area contributed by atoms with Crippen LogP contribution < -0.4 is 0 Å². The number of ether oxygens (including phenoxy) is 1. The molecule has 0 aromatic heterocycles. The third-order valence-electron chi connectivity index (χ3n) is 2.05. The fraction of sp³-hybridized carbons (Fsp3) is 1.00. The second-order valence-corrected chi connectivity index (χ2v) is 4.06. The van der Waals surface area contributed by atoms with Gasteiger partial charge in [0.05, 0.1) is 12.7 Å². The second kappa shape index (κ2) is 17.3. The van der Waals surface area contributed by atoms with E-state index >= 15 is 0 Å². The number of unbranched alkanes of at least 4 members (excludes halogenated alkanes) is 4. The molecule has 0 aliphatic heterocycles. The monoisotopic (exact) mass is 234 g/mol. The molecule has 0 bridgehead atoms. The molecule has 1 atom stereocenters. The number of hydrogen-bond donors (Lipinski definition) is 2. The average Bonchev–Trinajstić information content (AvgIpc) is 2.29. The normalized spacial score (nSPS) is 11.8. The lowest BCUT2D eigenvalue weighted by atomic mass is 10.2. The van der Waals surface area contributed by atoms with Gasteiger partial charge >= 0.3 is 0 Å². The summed E-state index contributed by atoms with van der Waals surface area (Å²) < 4.78 is 5.42. The van der Waals surface area contributed by atoms with E-state index < -0.39 is 6.10 Å². The molecule has 100 valence electrons. The van der Waals surface area contributed by atoms with E-state index in [-0.39, 0.29) is 6.61 Å². The molecule has 0 rings (SSSR count). The highest BCUT2D eigenvalue weighted by molar-refractivity contribution is 4.39. The van der Waals surface area contributed by atoms with E-state index in [9.17, 15) is 0 Å². The van der Waals surface area contributed by atoms with E-state index in [4.69, 9.17) is 14.9 Å². The molecule has 0 heterocycles. The van der Waals surface area contributed by atoms with Crippen LogP contribution in [0.4, 0.5) is 0 Å². The van der Waals surface area contributed by atoms with Crippen molar-refractivity contribution in [1.82, 2.24) is 0 Å². The van der Waals surface area contributed by atoms with Crippen molar-refractivity contribution >= 4 is 0 Å². The Balaban J connectivity index is 0. The Labute approximate surface area is 101 Å². The molecule has 0 saturated heterocycles. The number of aliphatic hydroxyl groups is 2. The Morgan fingerprint density at radius 1 is 0.938 bits per heavy atom. The number of rotatable bonds is 9. The van der Waals surface area contributed by atoms with Crippen LogP contribution in [0.5, 0.6) is 0 Å². The minimum atomic E-state index is -0.560. The molecule has 3 nitrogen and oxygen atoms in total. The number of aliphatic hydroxyl groups excluding tert-OH is 2. The third kappa shape index (κ3) is 23.6. The first-order valence-corrected chi connectivity index (χ1v) is 6.55. The Kier molecular flexibility index (Phi) is 19.7. The summed E-state index contributed by atoms with van der Waals surface area (Å²) in [4.78, 5) is 0. The van der Waals surface area contributed by atoms with Crippen LogP contribution in [0, 0.1) is 0 Å². The summed E-state index contributed by atoms with van der Waals surface area (Å²) in [7, 11) is 0.